The predicted octanol–water partition coefficient (Wildman–Crippen LogP) is 3.05. The van der Waals surface area contributed by atoms with Crippen molar-refractivity contribution in [1.29, 1.82) is 0 Å². The number of nitrogens with one attached hydrogen (secondary N) is 1. The summed E-state index contributed by atoms with van der Waals surface area (Å²) in [5, 5.41) is 3.31. The molecule has 1 heterocycles. The standard InChI is InChI=1S/C16H22N2O/c1-3-17-15-7-5-13(8-11(15)2)16(19)18-10-12-4-6-14(18)9-12/h5,7-8,12,14,17H,3-4,6,9-10H2,1-2H3. The minimum atomic E-state index is 0.221. The molecule has 1 saturated carbocycles. The van der Waals surface area contributed by atoms with Gasteiger partial charge in [0.1, 0.15) is 0 Å². The zero-order valence-electron chi connectivity index (χ0n) is 11.8. The number of piperidine rings is 1. The molecule has 0 radical (unpaired) electrons. The molecule has 2 fully saturated rings. The molecule has 2 aliphatic rings. The lowest BCUT2D eigenvalue weighted by Gasteiger charge is -2.27. The number of carbonyl (C=O) groups is 1. The van der Waals surface area contributed by atoms with Crippen molar-refractivity contribution in [3.8, 4) is 0 Å². The quantitative estimate of drug-likeness (QED) is 0.903. The van der Waals surface area contributed by atoms with E-state index < -0.39 is 0 Å². The van der Waals surface area contributed by atoms with Crippen molar-refractivity contribution in [1.82, 2.24) is 4.90 Å². The van der Waals surface area contributed by atoms with Crippen LogP contribution in [0.25, 0.3) is 0 Å². The van der Waals surface area contributed by atoms with Crippen LogP contribution in [-0.4, -0.2) is 29.9 Å². The van der Waals surface area contributed by atoms with Gasteiger partial charge in [0.15, 0.2) is 0 Å². The van der Waals surface area contributed by atoms with Gasteiger partial charge in [0.25, 0.3) is 5.91 Å². The highest BCUT2D eigenvalue weighted by molar-refractivity contribution is 5.95. The number of nitrogens with zero attached hydrogens (tertiary/aromatic N) is 1. The summed E-state index contributed by atoms with van der Waals surface area (Å²) in [6.07, 6.45) is 3.73. The maximum Gasteiger partial charge on any atom is 0.254 e. The summed E-state index contributed by atoms with van der Waals surface area (Å²) in [4.78, 5) is 14.7. The Kier molecular flexibility index (Phi) is 3.21. The molecule has 1 saturated heterocycles. The third-order valence-electron chi connectivity index (χ3n) is 4.51. The number of fused-ring (bicyclic) bond motifs is 2. The van der Waals surface area contributed by atoms with Crippen LogP contribution in [0, 0.1) is 12.8 Å². The van der Waals surface area contributed by atoms with Gasteiger partial charge >= 0.3 is 0 Å². The summed E-state index contributed by atoms with van der Waals surface area (Å²) in [6.45, 7) is 6.02. The molecular formula is C16H22N2O. The zero-order chi connectivity index (χ0) is 13.4. The fourth-order valence-corrected chi connectivity index (χ4v) is 3.52. The summed E-state index contributed by atoms with van der Waals surface area (Å²) < 4.78 is 0. The molecule has 0 spiro atoms. The number of carbonyl (C=O) groups excluding carboxylic acids is 1. The van der Waals surface area contributed by atoms with Gasteiger partial charge in [-0.15, -0.1) is 0 Å². The van der Waals surface area contributed by atoms with Crippen LogP contribution in [-0.2, 0) is 0 Å². The van der Waals surface area contributed by atoms with Crippen molar-refractivity contribution in [2.45, 2.75) is 39.2 Å². The number of rotatable bonds is 3. The molecule has 19 heavy (non-hydrogen) atoms. The number of anilines is 1. The van der Waals surface area contributed by atoms with Crippen LogP contribution in [0.4, 0.5) is 5.69 Å². The van der Waals surface area contributed by atoms with Crippen molar-refractivity contribution >= 4 is 11.6 Å². The number of hydrogen-bond donors (Lipinski definition) is 1. The lowest BCUT2D eigenvalue weighted by molar-refractivity contribution is 0.0703. The Morgan fingerprint density at radius 1 is 1.42 bits per heavy atom. The monoisotopic (exact) mass is 258 g/mol. The van der Waals surface area contributed by atoms with E-state index in [1.165, 1.54) is 19.3 Å². The molecule has 1 aromatic rings. The Morgan fingerprint density at radius 2 is 2.26 bits per heavy atom. The van der Waals surface area contributed by atoms with Crippen LogP contribution in [0.15, 0.2) is 18.2 Å². The molecule has 1 amide bonds. The van der Waals surface area contributed by atoms with Gasteiger partial charge in [-0.05, 0) is 62.8 Å². The molecule has 3 heteroatoms. The van der Waals surface area contributed by atoms with E-state index in [0.29, 0.717) is 6.04 Å². The Labute approximate surface area is 115 Å². The highest BCUT2D eigenvalue weighted by atomic mass is 16.2. The van der Waals surface area contributed by atoms with Gasteiger partial charge in [0, 0.05) is 30.4 Å². The van der Waals surface area contributed by atoms with E-state index in [1.807, 2.05) is 18.2 Å². The third-order valence-corrected chi connectivity index (χ3v) is 4.51. The lowest BCUT2D eigenvalue weighted by Crippen LogP contribution is -2.37. The van der Waals surface area contributed by atoms with Crippen molar-refractivity contribution in [2.24, 2.45) is 5.92 Å². The molecule has 2 bridgehead atoms. The normalized spacial score (nSPS) is 24.8. The summed E-state index contributed by atoms with van der Waals surface area (Å²) in [5.74, 6) is 0.981. The van der Waals surface area contributed by atoms with Crippen LogP contribution in [0.1, 0.15) is 42.1 Å². The average Bonchev–Trinajstić information content (AvgIpc) is 3.03. The van der Waals surface area contributed by atoms with E-state index in [9.17, 15) is 4.79 Å². The summed E-state index contributed by atoms with van der Waals surface area (Å²) in [5.41, 5.74) is 3.12. The Morgan fingerprint density at radius 3 is 2.84 bits per heavy atom. The fourth-order valence-electron chi connectivity index (χ4n) is 3.52. The second-order valence-corrected chi connectivity index (χ2v) is 5.85. The second kappa shape index (κ2) is 4.87. The fraction of sp³-hybridized carbons (Fsp3) is 0.562. The first-order valence-electron chi connectivity index (χ1n) is 7.34. The minimum Gasteiger partial charge on any atom is -0.385 e. The molecule has 2 atom stereocenters. The smallest absolute Gasteiger partial charge is 0.254 e. The SMILES string of the molecule is CCNc1ccc(C(=O)N2CC3CCC2C3)cc1C. The van der Waals surface area contributed by atoms with Crippen LogP contribution < -0.4 is 5.32 Å². The van der Waals surface area contributed by atoms with Crippen LogP contribution in [0.3, 0.4) is 0 Å². The zero-order valence-corrected chi connectivity index (χ0v) is 11.8. The Balaban J connectivity index is 1.78. The van der Waals surface area contributed by atoms with Crippen molar-refractivity contribution in [3.05, 3.63) is 29.3 Å². The second-order valence-electron chi connectivity index (χ2n) is 5.85. The average molecular weight is 258 g/mol. The van der Waals surface area contributed by atoms with Gasteiger partial charge in [0.2, 0.25) is 0 Å². The number of hydrogen-bond acceptors (Lipinski definition) is 2. The van der Waals surface area contributed by atoms with Crippen LogP contribution in [0.2, 0.25) is 0 Å². The largest absolute Gasteiger partial charge is 0.385 e. The molecule has 1 aliphatic carbocycles. The van der Waals surface area contributed by atoms with E-state index >= 15 is 0 Å². The van der Waals surface area contributed by atoms with E-state index in [2.05, 4.69) is 24.1 Å². The van der Waals surface area contributed by atoms with Crippen LogP contribution in [0.5, 0.6) is 0 Å². The molecule has 102 valence electrons. The first kappa shape index (κ1) is 12.5. The third kappa shape index (κ3) is 2.22. The van der Waals surface area contributed by atoms with E-state index in [1.54, 1.807) is 0 Å². The van der Waals surface area contributed by atoms with Crippen molar-refractivity contribution in [3.63, 3.8) is 0 Å². The van der Waals surface area contributed by atoms with Crippen molar-refractivity contribution in [2.75, 3.05) is 18.4 Å². The van der Waals surface area contributed by atoms with Gasteiger partial charge in [0.05, 0.1) is 0 Å². The number of benzene rings is 1. The van der Waals surface area contributed by atoms with Crippen LogP contribution >= 0.6 is 0 Å². The summed E-state index contributed by atoms with van der Waals surface area (Å²) in [7, 11) is 0. The minimum absolute atomic E-state index is 0.221. The highest BCUT2D eigenvalue weighted by Gasteiger charge is 2.40. The molecule has 1 aliphatic heterocycles. The van der Waals surface area contributed by atoms with Gasteiger partial charge in [-0.2, -0.15) is 0 Å². The molecule has 2 unspecified atom stereocenters. The predicted molar refractivity (Wildman–Crippen MR) is 77.5 cm³/mol. The highest BCUT2D eigenvalue weighted by Crippen LogP contribution is 2.38. The Hall–Kier alpha value is -1.51. The number of aryl methyl sites for hydroxylation is 1. The molecule has 1 N–H and O–H groups in total. The molecular weight excluding hydrogens is 236 g/mol. The topological polar surface area (TPSA) is 32.3 Å². The molecule has 1 aromatic carbocycles. The van der Waals surface area contributed by atoms with E-state index in [0.717, 1.165) is 35.8 Å². The first-order chi connectivity index (χ1) is 9.19. The first-order valence-corrected chi connectivity index (χ1v) is 7.34. The van der Waals surface area contributed by atoms with Crippen molar-refractivity contribution < 1.29 is 4.79 Å². The molecule has 3 nitrogen and oxygen atoms in total. The maximum atomic E-state index is 12.6. The van der Waals surface area contributed by atoms with Gasteiger partial charge in [-0.25, -0.2) is 0 Å². The summed E-state index contributed by atoms with van der Waals surface area (Å²) >= 11 is 0. The van der Waals surface area contributed by atoms with E-state index in [-0.39, 0.29) is 5.91 Å². The van der Waals surface area contributed by atoms with E-state index in [4.69, 9.17) is 0 Å². The van der Waals surface area contributed by atoms with Gasteiger partial charge in [-0.1, -0.05) is 0 Å². The summed E-state index contributed by atoms with van der Waals surface area (Å²) in [6, 6.07) is 6.51. The molecule has 0 aromatic heterocycles. The number of likely N-dealkylation sites (tertiary alicyclic amines) is 1. The Bertz CT molecular complexity index is 498. The number of amides is 1. The van der Waals surface area contributed by atoms with Gasteiger partial charge < -0.3 is 10.2 Å². The lowest BCUT2D eigenvalue weighted by atomic mass is 10.1. The maximum absolute atomic E-state index is 12.6. The van der Waals surface area contributed by atoms with Gasteiger partial charge in [-0.3, -0.25) is 4.79 Å². The molecule has 3 rings (SSSR count).